The largest absolute Gasteiger partial charge is 0.370 e. The molecule has 0 bridgehead atoms. The zero-order valence-electron chi connectivity index (χ0n) is 13.7. The average Bonchev–Trinajstić information content (AvgIpc) is 2.89. The smallest absolute Gasteiger partial charge is 0.223 e. The summed E-state index contributed by atoms with van der Waals surface area (Å²) in [6, 6.07) is 19.8. The van der Waals surface area contributed by atoms with E-state index in [0.717, 1.165) is 11.3 Å². The van der Waals surface area contributed by atoms with Gasteiger partial charge in [0, 0.05) is 31.6 Å². The van der Waals surface area contributed by atoms with Crippen LogP contribution < -0.4 is 11.1 Å². The van der Waals surface area contributed by atoms with E-state index >= 15 is 0 Å². The summed E-state index contributed by atoms with van der Waals surface area (Å²) < 4.78 is 0. The van der Waals surface area contributed by atoms with Gasteiger partial charge in [-0.25, -0.2) is 0 Å². The first kappa shape index (κ1) is 16.1. The Morgan fingerprint density at radius 1 is 1.17 bits per heavy atom. The van der Waals surface area contributed by atoms with Gasteiger partial charge in [-0.1, -0.05) is 48.5 Å². The van der Waals surface area contributed by atoms with E-state index in [-0.39, 0.29) is 17.9 Å². The topological polar surface area (TPSA) is 70.7 Å². The van der Waals surface area contributed by atoms with Crippen molar-refractivity contribution in [2.45, 2.75) is 12.5 Å². The predicted octanol–water partition coefficient (Wildman–Crippen LogP) is 2.63. The van der Waals surface area contributed by atoms with Crippen LogP contribution in [0.4, 0.5) is 5.69 Å². The summed E-state index contributed by atoms with van der Waals surface area (Å²) in [7, 11) is 1.86. The third kappa shape index (κ3) is 3.56. The number of guanidine groups is 1. The van der Waals surface area contributed by atoms with Gasteiger partial charge in [0.2, 0.25) is 5.91 Å². The molecule has 124 valence electrons. The van der Waals surface area contributed by atoms with Gasteiger partial charge >= 0.3 is 0 Å². The lowest BCUT2D eigenvalue weighted by Gasteiger charge is -2.24. The Kier molecular flexibility index (Phi) is 4.79. The van der Waals surface area contributed by atoms with Crippen LogP contribution in [0.25, 0.3) is 0 Å². The Morgan fingerprint density at radius 3 is 2.46 bits per heavy atom. The number of hydrogen-bond acceptors (Lipinski definition) is 2. The van der Waals surface area contributed by atoms with Gasteiger partial charge in [-0.05, 0) is 17.7 Å². The molecule has 2 unspecified atom stereocenters. The molecule has 0 saturated carbocycles. The molecule has 5 nitrogen and oxygen atoms in total. The summed E-state index contributed by atoms with van der Waals surface area (Å²) in [4.78, 5) is 18.4. The van der Waals surface area contributed by atoms with Crippen LogP contribution in [0.1, 0.15) is 18.0 Å². The lowest BCUT2D eigenvalue weighted by atomic mass is 9.94. The van der Waals surface area contributed by atoms with Crippen LogP contribution in [0.15, 0.2) is 65.7 Å². The van der Waals surface area contributed by atoms with Crippen LogP contribution >= 0.6 is 0 Å². The standard InChI is InChI=1S/C19H22N4O/c1-23-17(24)12-15(18(23)14-8-4-2-5-9-14)13-21-19(20)22-16-10-6-3-7-11-16/h2-11,15,18H,12-13H2,1H3,(H3,20,21,22). The molecule has 1 aliphatic heterocycles. The van der Waals surface area contributed by atoms with E-state index in [2.05, 4.69) is 22.4 Å². The first-order valence-electron chi connectivity index (χ1n) is 8.08. The van der Waals surface area contributed by atoms with Crippen LogP contribution in [-0.4, -0.2) is 30.4 Å². The SMILES string of the molecule is CN1C(=O)CC(CN=C(N)Nc2ccccc2)C1c1ccccc1. The lowest BCUT2D eigenvalue weighted by molar-refractivity contribution is -0.127. The third-order valence-corrected chi connectivity index (χ3v) is 4.38. The Morgan fingerprint density at radius 2 is 1.79 bits per heavy atom. The van der Waals surface area contributed by atoms with E-state index in [1.807, 2.05) is 60.5 Å². The maximum Gasteiger partial charge on any atom is 0.223 e. The molecule has 24 heavy (non-hydrogen) atoms. The van der Waals surface area contributed by atoms with Gasteiger partial charge in [-0.2, -0.15) is 0 Å². The number of rotatable bonds is 4. The van der Waals surface area contributed by atoms with Gasteiger partial charge in [0.15, 0.2) is 5.96 Å². The van der Waals surface area contributed by atoms with Crippen molar-refractivity contribution in [3.05, 3.63) is 66.2 Å². The van der Waals surface area contributed by atoms with Crippen LogP contribution in [-0.2, 0) is 4.79 Å². The number of amides is 1. The van der Waals surface area contributed by atoms with Gasteiger partial charge in [0.05, 0.1) is 6.04 Å². The van der Waals surface area contributed by atoms with Crippen LogP contribution in [0.5, 0.6) is 0 Å². The fourth-order valence-electron chi connectivity index (χ4n) is 3.19. The highest BCUT2D eigenvalue weighted by Crippen LogP contribution is 2.36. The summed E-state index contributed by atoms with van der Waals surface area (Å²) in [5.74, 6) is 0.648. The molecule has 1 fully saturated rings. The van der Waals surface area contributed by atoms with Gasteiger partial charge in [-0.3, -0.25) is 9.79 Å². The fourth-order valence-corrected chi connectivity index (χ4v) is 3.19. The van der Waals surface area contributed by atoms with Crippen LogP contribution in [0.2, 0.25) is 0 Å². The number of likely N-dealkylation sites (tertiary alicyclic amines) is 1. The van der Waals surface area contributed by atoms with Crippen molar-refractivity contribution in [1.29, 1.82) is 0 Å². The van der Waals surface area contributed by atoms with Crippen molar-refractivity contribution in [2.24, 2.45) is 16.6 Å². The second-order valence-corrected chi connectivity index (χ2v) is 6.04. The Hall–Kier alpha value is -2.82. The van der Waals surface area contributed by atoms with E-state index in [4.69, 9.17) is 5.73 Å². The van der Waals surface area contributed by atoms with Crippen molar-refractivity contribution in [2.75, 3.05) is 18.9 Å². The fraction of sp³-hybridized carbons (Fsp3) is 0.263. The molecule has 3 rings (SSSR count). The summed E-state index contributed by atoms with van der Waals surface area (Å²) >= 11 is 0. The molecular formula is C19H22N4O. The molecule has 2 aromatic rings. The minimum absolute atomic E-state index is 0.0481. The van der Waals surface area contributed by atoms with Gasteiger partial charge < -0.3 is 16.0 Å². The van der Waals surface area contributed by atoms with Gasteiger partial charge in [0.1, 0.15) is 0 Å². The highest BCUT2D eigenvalue weighted by atomic mass is 16.2. The summed E-state index contributed by atoms with van der Waals surface area (Å²) in [5, 5.41) is 3.07. The van der Waals surface area contributed by atoms with Crippen molar-refractivity contribution >= 4 is 17.6 Å². The average molecular weight is 322 g/mol. The molecule has 0 radical (unpaired) electrons. The number of para-hydroxylation sites is 1. The molecule has 3 N–H and O–H groups in total. The minimum Gasteiger partial charge on any atom is -0.370 e. The molecule has 1 aliphatic rings. The maximum atomic E-state index is 12.1. The van der Waals surface area contributed by atoms with Crippen LogP contribution in [0, 0.1) is 5.92 Å². The van der Waals surface area contributed by atoms with E-state index in [1.165, 1.54) is 0 Å². The number of nitrogens with zero attached hydrogens (tertiary/aromatic N) is 2. The molecule has 0 aliphatic carbocycles. The minimum atomic E-state index is 0.0481. The highest BCUT2D eigenvalue weighted by Gasteiger charge is 2.38. The monoisotopic (exact) mass is 322 g/mol. The second kappa shape index (κ2) is 7.17. The zero-order chi connectivity index (χ0) is 16.9. The molecule has 1 heterocycles. The third-order valence-electron chi connectivity index (χ3n) is 4.38. The maximum absolute atomic E-state index is 12.1. The molecule has 2 aromatic carbocycles. The van der Waals surface area contributed by atoms with E-state index in [0.29, 0.717) is 18.9 Å². The van der Waals surface area contributed by atoms with E-state index < -0.39 is 0 Å². The summed E-state index contributed by atoms with van der Waals surface area (Å²) in [5.41, 5.74) is 8.02. The van der Waals surface area contributed by atoms with E-state index in [9.17, 15) is 4.79 Å². The van der Waals surface area contributed by atoms with Crippen molar-refractivity contribution < 1.29 is 4.79 Å². The number of nitrogens with two attached hydrogens (primary N) is 1. The first-order chi connectivity index (χ1) is 11.6. The van der Waals surface area contributed by atoms with Crippen LogP contribution in [0.3, 0.4) is 0 Å². The molecule has 0 aromatic heterocycles. The molecule has 0 spiro atoms. The Balaban J connectivity index is 1.71. The van der Waals surface area contributed by atoms with E-state index in [1.54, 1.807) is 0 Å². The summed E-state index contributed by atoms with van der Waals surface area (Å²) in [6.45, 7) is 0.515. The second-order valence-electron chi connectivity index (χ2n) is 6.04. The highest BCUT2D eigenvalue weighted by molar-refractivity contribution is 5.92. The summed E-state index contributed by atoms with van der Waals surface area (Å²) in [6.07, 6.45) is 0.498. The number of benzene rings is 2. The van der Waals surface area contributed by atoms with Crippen molar-refractivity contribution in [3.8, 4) is 0 Å². The molecular weight excluding hydrogens is 300 g/mol. The number of aliphatic imine (C=N–C) groups is 1. The number of carbonyl (C=O) groups is 1. The lowest BCUT2D eigenvalue weighted by Crippen LogP contribution is -2.26. The normalized spacial score (nSPS) is 21.1. The number of anilines is 1. The Bertz CT molecular complexity index is 715. The first-order valence-corrected chi connectivity index (χ1v) is 8.08. The van der Waals surface area contributed by atoms with Crippen molar-refractivity contribution in [1.82, 2.24) is 4.90 Å². The zero-order valence-corrected chi connectivity index (χ0v) is 13.7. The molecule has 1 amide bonds. The van der Waals surface area contributed by atoms with Crippen molar-refractivity contribution in [3.63, 3.8) is 0 Å². The number of nitrogens with one attached hydrogen (secondary N) is 1. The molecule has 2 atom stereocenters. The quantitative estimate of drug-likeness (QED) is 0.671. The van der Waals surface area contributed by atoms with Gasteiger partial charge in [0.25, 0.3) is 0 Å². The number of carbonyl (C=O) groups excluding carboxylic acids is 1. The Labute approximate surface area is 142 Å². The number of hydrogen-bond donors (Lipinski definition) is 2. The molecule has 5 heteroatoms. The predicted molar refractivity (Wildman–Crippen MR) is 96.6 cm³/mol. The van der Waals surface area contributed by atoms with Gasteiger partial charge in [-0.15, -0.1) is 0 Å². The molecule has 1 saturated heterocycles.